The molecule has 2 heterocycles. The number of halogens is 1. The van der Waals surface area contributed by atoms with Crippen molar-refractivity contribution in [3.05, 3.63) is 66.0 Å². The van der Waals surface area contributed by atoms with Crippen LogP contribution in [0, 0.1) is 17.7 Å². The predicted molar refractivity (Wildman–Crippen MR) is 132 cm³/mol. The van der Waals surface area contributed by atoms with Crippen LogP contribution in [0.4, 0.5) is 9.18 Å². The lowest BCUT2D eigenvalue weighted by molar-refractivity contribution is -0.140. The summed E-state index contributed by atoms with van der Waals surface area (Å²) in [7, 11) is 0. The number of urea groups is 1. The minimum absolute atomic E-state index is 0.0953. The molecule has 2 saturated heterocycles. The number of benzene rings is 2. The first-order chi connectivity index (χ1) is 17.4. The van der Waals surface area contributed by atoms with Crippen molar-refractivity contribution in [1.82, 2.24) is 15.1 Å². The topological polar surface area (TPSA) is 79.0 Å². The average molecular weight is 494 g/mol. The van der Waals surface area contributed by atoms with Crippen molar-refractivity contribution in [3.8, 4) is 5.75 Å². The molecule has 0 spiro atoms. The zero-order valence-electron chi connectivity index (χ0n) is 20.5. The quantitative estimate of drug-likeness (QED) is 0.568. The summed E-state index contributed by atoms with van der Waals surface area (Å²) in [5, 5.41) is 3.05. The van der Waals surface area contributed by atoms with E-state index in [1.807, 2.05) is 30.3 Å². The number of nitrogens with zero attached hydrogens (tertiary/aromatic N) is 2. The second-order valence-electron chi connectivity index (χ2n) is 10.2. The van der Waals surface area contributed by atoms with Gasteiger partial charge >= 0.3 is 6.03 Å². The van der Waals surface area contributed by atoms with Crippen LogP contribution in [0.1, 0.15) is 38.2 Å². The standard InChI is InChI=1S/C28H32FN3O4/c1-19(36-24-5-3-2-4-6-24)25(33)31-15-13-22(14-16-31)28(17-20-9-11-23(29)12-10-20)26(34)32(27(35)30-28)18-21-7-8-21/h2-6,9-12,19,21-22H,7-8,13-18H2,1H3,(H,30,35)/t19-,28+/m0/s1. The molecule has 1 N–H and O–H groups in total. The van der Waals surface area contributed by atoms with Crippen molar-refractivity contribution >= 4 is 17.8 Å². The van der Waals surface area contributed by atoms with Gasteiger partial charge in [-0.2, -0.15) is 0 Å². The van der Waals surface area contributed by atoms with Crippen LogP contribution >= 0.6 is 0 Å². The van der Waals surface area contributed by atoms with E-state index < -0.39 is 11.6 Å². The van der Waals surface area contributed by atoms with Gasteiger partial charge in [0.2, 0.25) is 0 Å². The first kappa shape index (κ1) is 24.3. The number of hydrogen-bond acceptors (Lipinski definition) is 4. The van der Waals surface area contributed by atoms with E-state index in [4.69, 9.17) is 4.74 Å². The molecular formula is C28H32FN3O4. The van der Waals surface area contributed by atoms with E-state index in [0.29, 0.717) is 50.6 Å². The zero-order valence-corrected chi connectivity index (χ0v) is 20.5. The molecular weight excluding hydrogens is 461 g/mol. The van der Waals surface area contributed by atoms with Crippen LogP contribution < -0.4 is 10.1 Å². The number of piperidine rings is 1. The summed E-state index contributed by atoms with van der Waals surface area (Å²) < 4.78 is 19.3. The van der Waals surface area contributed by atoms with Gasteiger partial charge in [0.1, 0.15) is 17.1 Å². The van der Waals surface area contributed by atoms with Crippen molar-refractivity contribution < 1.29 is 23.5 Å². The molecule has 0 aromatic heterocycles. The van der Waals surface area contributed by atoms with Gasteiger partial charge in [0.15, 0.2) is 6.10 Å². The molecule has 2 aliphatic heterocycles. The minimum atomic E-state index is -1.09. The summed E-state index contributed by atoms with van der Waals surface area (Å²) in [6, 6.07) is 15.0. The molecule has 3 fully saturated rings. The highest BCUT2D eigenvalue weighted by atomic mass is 19.1. The van der Waals surface area contributed by atoms with Gasteiger partial charge in [0.05, 0.1) is 0 Å². The number of ether oxygens (including phenoxy) is 1. The summed E-state index contributed by atoms with van der Waals surface area (Å²) in [4.78, 5) is 42.9. The van der Waals surface area contributed by atoms with Gasteiger partial charge in [-0.25, -0.2) is 9.18 Å². The Morgan fingerprint density at radius 1 is 1.06 bits per heavy atom. The molecule has 0 radical (unpaired) electrons. The van der Waals surface area contributed by atoms with Gasteiger partial charge in [0.25, 0.3) is 11.8 Å². The third-order valence-corrected chi connectivity index (χ3v) is 7.64. The zero-order chi connectivity index (χ0) is 25.3. The van der Waals surface area contributed by atoms with E-state index in [9.17, 15) is 18.8 Å². The summed E-state index contributed by atoms with van der Waals surface area (Å²) in [6.07, 6.45) is 2.89. The van der Waals surface area contributed by atoms with Crippen molar-refractivity contribution in [2.24, 2.45) is 11.8 Å². The number of carbonyl (C=O) groups is 3. The van der Waals surface area contributed by atoms with E-state index in [1.165, 1.54) is 17.0 Å². The summed E-state index contributed by atoms with van der Waals surface area (Å²) in [6.45, 7) is 3.14. The highest BCUT2D eigenvalue weighted by molar-refractivity contribution is 6.07. The molecule has 4 amide bonds. The number of amides is 4. The molecule has 7 nitrogen and oxygen atoms in total. The molecule has 2 aromatic carbocycles. The molecule has 8 heteroatoms. The Labute approximate surface area is 210 Å². The van der Waals surface area contributed by atoms with E-state index in [2.05, 4.69) is 5.32 Å². The fourth-order valence-corrected chi connectivity index (χ4v) is 5.44. The summed E-state index contributed by atoms with van der Waals surface area (Å²) in [5.74, 6) is 0.242. The second-order valence-corrected chi connectivity index (χ2v) is 10.2. The molecule has 3 aliphatic rings. The molecule has 0 bridgehead atoms. The first-order valence-corrected chi connectivity index (χ1v) is 12.7. The van der Waals surface area contributed by atoms with Crippen LogP contribution in [-0.2, 0) is 16.0 Å². The molecule has 1 saturated carbocycles. The van der Waals surface area contributed by atoms with Crippen molar-refractivity contribution in [1.29, 1.82) is 0 Å². The van der Waals surface area contributed by atoms with E-state index in [-0.39, 0.29) is 29.6 Å². The summed E-state index contributed by atoms with van der Waals surface area (Å²) in [5.41, 5.74) is -0.299. The van der Waals surface area contributed by atoms with Gasteiger partial charge in [-0.05, 0) is 74.3 Å². The first-order valence-electron chi connectivity index (χ1n) is 12.7. The fraction of sp³-hybridized carbons (Fsp3) is 0.464. The molecule has 5 rings (SSSR count). The monoisotopic (exact) mass is 493 g/mol. The van der Waals surface area contributed by atoms with Crippen LogP contribution in [0.5, 0.6) is 5.75 Å². The normalized spacial score (nSPS) is 23.5. The number of rotatable bonds is 8. The van der Waals surface area contributed by atoms with Crippen LogP contribution in [0.25, 0.3) is 0 Å². The van der Waals surface area contributed by atoms with Gasteiger partial charge in [-0.3, -0.25) is 14.5 Å². The highest BCUT2D eigenvalue weighted by Crippen LogP contribution is 2.39. The maximum absolute atomic E-state index is 13.8. The van der Waals surface area contributed by atoms with Crippen LogP contribution in [-0.4, -0.2) is 58.9 Å². The van der Waals surface area contributed by atoms with Gasteiger partial charge < -0.3 is 15.0 Å². The van der Waals surface area contributed by atoms with E-state index in [0.717, 1.165) is 18.4 Å². The largest absolute Gasteiger partial charge is 0.481 e. The van der Waals surface area contributed by atoms with E-state index in [1.54, 1.807) is 24.0 Å². The van der Waals surface area contributed by atoms with Crippen molar-refractivity contribution in [2.75, 3.05) is 19.6 Å². The number of carbonyl (C=O) groups excluding carboxylic acids is 3. The lowest BCUT2D eigenvalue weighted by Crippen LogP contribution is -2.58. The SMILES string of the molecule is C[C@H](Oc1ccccc1)C(=O)N1CCC([C@@]2(Cc3ccc(F)cc3)NC(=O)N(CC3CC3)C2=O)CC1. The minimum Gasteiger partial charge on any atom is -0.481 e. The Bertz CT molecular complexity index is 1110. The number of nitrogens with one attached hydrogen (secondary N) is 1. The van der Waals surface area contributed by atoms with Crippen LogP contribution in [0.2, 0.25) is 0 Å². The Morgan fingerprint density at radius 3 is 2.36 bits per heavy atom. The van der Waals surface area contributed by atoms with Gasteiger partial charge in [0, 0.05) is 26.1 Å². The van der Waals surface area contributed by atoms with Crippen molar-refractivity contribution in [3.63, 3.8) is 0 Å². The Hall–Kier alpha value is -3.42. The Kier molecular flexibility index (Phi) is 6.69. The van der Waals surface area contributed by atoms with Gasteiger partial charge in [-0.1, -0.05) is 30.3 Å². The van der Waals surface area contributed by atoms with Crippen molar-refractivity contribution in [2.45, 2.75) is 50.7 Å². The molecule has 2 aromatic rings. The Morgan fingerprint density at radius 2 is 1.72 bits per heavy atom. The van der Waals surface area contributed by atoms with E-state index >= 15 is 0 Å². The molecule has 36 heavy (non-hydrogen) atoms. The third-order valence-electron chi connectivity index (χ3n) is 7.64. The smallest absolute Gasteiger partial charge is 0.325 e. The maximum atomic E-state index is 13.8. The Balaban J connectivity index is 1.30. The number of imide groups is 1. The maximum Gasteiger partial charge on any atom is 0.325 e. The predicted octanol–water partition coefficient (Wildman–Crippen LogP) is 3.77. The molecule has 0 unspecified atom stereocenters. The number of para-hydroxylation sites is 1. The van der Waals surface area contributed by atoms with Crippen LogP contribution in [0.15, 0.2) is 54.6 Å². The summed E-state index contributed by atoms with van der Waals surface area (Å²) >= 11 is 0. The number of likely N-dealkylation sites (tertiary alicyclic amines) is 1. The molecule has 2 atom stereocenters. The third kappa shape index (κ3) is 4.94. The van der Waals surface area contributed by atoms with Gasteiger partial charge in [-0.15, -0.1) is 0 Å². The molecule has 1 aliphatic carbocycles. The van der Waals surface area contributed by atoms with Crippen LogP contribution in [0.3, 0.4) is 0 Å². The lowest BCUT2D eigenvalue weighted by Gasteiger charge is -2.41. The lowest BCUT2D eigenvalue weighted by atomic mass is 9.73. The molecule has 190 valence electrons. The second kappa shape index (κ2) is 9.91. The highest BCUT2D eigenvalue weighted by Gasteiger charge is 2.56. The fourth-order valence-electron chi connectivity index (χ4n) is 5.44. The number of hydrogen-bond donors (Lipinski definition) is 1. The average Bonchev–Trinajstić information content (AvgIpc) is 3.68.